The van der Waals surface area contributed by atoms with Crippen molar-refractivity contribution in [2.24, 2.45) is 0 Å². The molecule has 0 amide bonds. The predicted molar refractivity (Wildman–Crippen MR) is 115 cm³/mol. The average Bonchev–Trinajstić information content (AvgIpc) is 3.18. The van der Waals surface area contributed by atoms with E-state index >= 15 is 0 Å². The van der Waals surface area contributed by atoms with E-state index in [0.717, 1.165) is 26.1 Å². The van der Waals surface area contributed by atoms with Gasteiger partial charge in [-0.05, 0) is 35.0 Å². The van der Waals surface area contributed by atoms with Crippen LogP contribution < -0.4 is 4.90 Å². The summed E-state index contributed by atoms with van der Waals surface area (Å²) in [7, 11) is -3.49. The van der Waals surface area contributed by atoms with E-state index in [4.69, 9.17) is 4.98 Å². The SMILES string of the molecule is O=S(=O)(c1ccc2ccccc2c1)N1CCN(c2nc3ccccc3s2)CC1. The number of thiazole rings is 1. The van der Waals surface area contributed by atoms with Gasteiger partial charge in [0.2, 0.25) is 10.0 Å². The van der Waals surface area contributed by atoms with Gasteiger partial charge >= 0.3 is 0 Å². The summed E-state index contributed by atoms with van der Waals surface area (Å²) in [5.74, 6) is 0. The van der Waals surface area contributed by atoms with Crippen molar-refractivity contribution in [2.75, 3.05) is 31.1 Å². The first-order valence-electron chi connectivity index (χ1n) is 9.21. The lowest BCUT2D eigenvalue weighted by atomic mass is 10.1. The van der Waals surface area contributed by atoms with Crippen molar-refractivity contribution in [1.82, 2.24) is 9.29 Å². The molecule has 0 spiro atoms. The second-order valence-corrected chi connectivity index (χ2v) is 9.81. The summed E-state index contributed by atoms with van der Waals surface area (Å²) in [5, 5.41) is 2.95. The van der Waals surface area contributed by atoms with Gasteiger partial charge in [-0.25, -0.2) is 13.4 Å². The summed E-state index contributed by atoms with van der Waals surface area (Å²) in [6.07, 6.45) is 0. The van der Waals surface area contributed by atoms with Crippen LogP contribution in [0, 0.1) is 0 Å². The molecule has 1 fully saturated rings. The van der Waals surface area contributed by atoms with Crippen molar-refractivity contribution in [1.29, 1.82) is 0 Å². The molecule has 1 aliphatic heterocycles. The smallest absolute Gasteiger partial charge is 0.243 e. The Morgan fingerprint density at radius 2 is 1.54 bits per heavy atom. The number of para-hydroxylation sites is 1. The molecule has 1 aromatic heterocycles. The molecular weight excluding hydrogens is 390 g/mol. The molecule has 0 radical (unpaired) electrons. The minimum atomic E-state index is -3.49. The third-order valence-electron chi connectivity index (χ3n) is 5.15. The maximum atomic E-state index is 13.1. The zero-order chi connectivity index (χ0) is 19.1. The van der Waals surface area contributed by atoms with Crippen molar-refractivity contribution < 1.29 is 8.42 Å². The predicted octanol–water partition coefficient (Wildman–Crippen LogP) is 3.96. The minimum absolute atomic E-state index is 0.361. The number of hydrogen-bond acceptors (Lipinski definition) is 5. The molecule has 0 saturated carbocycles. The number of sulfonamides is 1. The molecular formula is C21H19N3O2S2. The van der Waals surface area contributed by atoms with Crippen LogP contribution in [0.2, 0.25) is 0 Å². The van der Waals surface area contributed by atoms with E-state index in [1.54, 1.807) is 27.8 Å². The van der Waals surface area contributed by atoms with Crippen LogP contribution in [0.3, 0.4) is 0 Å². The van der Waals surface area contributed by atoms with Crippen LogP contribution in [0.1, 0.15) is 0 Å². The molecule has 2 heterocycles. The third kappa shape index (κ3) is 3.05. The lowest BCUT2D eigenvalue weighted by molar-refractivity contribution is 0.385. The average molecular weight is 410 g/mol. The Morgan fingerprint density at radius 3 is 2.32 bits per heavy atom. The second kappa shape index (κ2) is 6.84. The highest BCUT2D eigenvalue weighted by Gasteiger charge is 2.29. The number of piperazine rings is 1. The Labute approximate surface area is 167 Å². The molecule has 0 bridgehead atoms. The molecule has 0 N–H and O–H groups in total. The van der Waals surface area contributed by atoms with Gasteiger partial charge in [-0.15, -0.1) is 0 Å². The zero-order valence-corrected chi connectivity index (χ0v) is 16.8. The summed E-state index contributed by atoms with van der Waals surface area (Å²) in [6, 6.07) is 21.2. The molecule has 7 heteroatoms. The maximum Gasteiger partial charge on any atom is 0.243 e. The molecule has 28 heavy (non-hydrogen) atoms. The highest BCUT2D eigenvalue weighted by molar-refractivity contribution is 7.89. The van der Waals surface area contributed by atoms with Crippen molar-refractivity contribution in [3.8, 4) is 0 Å². The number of fused-ring (bicyclic) bond motifs is 2. The van der Waals surface area contributed by atoms with Crippen LogP contribution in [-0.4, -0.2) is 43.9 Å². The Bertz CT molecular complexity index is 1230. The van der Waals surface area contributed by atoms with E-state index in [1.807, 2.05) is 48.5 Å². The molecule has 5 rings (SSSR count). The van der Waals surface area contributed by atoms with E-state index in [0.29, 0.717) is 31.1 Å². The normalized spacial score (nSPS) is 16.1. The lowest BCUT2D eigenvalue weighted by Crippen LogP contribution is -2.48. The molecule has 142 valence electrons. The number of anilines is 1. The number of benzene rings is 3. The summed E-state index contributed by atoms with van der Waals surface area (Å²) in [5.41, 5.74) is 0.994. The Balaban J connectivity index is 1.36. The fourth-order valence-electron chi connectivity index (χ4n) is 3.59. The first-order chi connectivity index (χ1) is 13.6. The summed E-state index contributed by atoms with van der Waals surface area (Å²) >= 11 is 1.66. The number of hydrogen-bond donors (Lipinski definition) is 0. The maximum absolute atomic E-state index is 13.1. The van der Waals surface area contributed by atoms with Gasteiger partial charge in [0.15, 0.2) is 5.13 Å². The van der Waals surface area contributed by atoms with E-state index in [2.05, 4.69) is 11.0 Å². The molecule has 1 aliphatic rings. The zero-order valence-electron chi connectivity index (χ0n) is 15.2. The van der Waals surface area contributed by atoms with Gasteiger partial charge in [0.05, 0.1) is 15.1 Å². The van der Waals surface area contributed by atoms with Gasteiger partial charge < -0.3 is 4.90 Å². The van der Waals surface area contributed by atoms with Crippen LogP contribution in [0.5, 0.6) is 0 Å². The van der Waals surface area contributed by atoms with Crippen LogP contribution in [0.4, 0.5) is 5.13 Å². The quantitative estimate of drug-likeness (QED) is 0.514. The number of nitrogens with zero attached hydrogens (tertiary/aromatic N) is 3. The van der Waals surface area contributed by atoms with Crippen LogP contribution >= 0.6 is 11.3 Å². The van der Waals surface area contributed by atoms with Gasteiger partial charge in [0, 0.05) is 26.2 Å². The minimum Gasteiger partial charge on any atom is -0.345 e. The molecule has 5 nitrogen and oxygen atoms in total. The van der Waals surface area contributed by atoms with Gasteiger partial charge in [-0.2, -0.15) is 4.31 Å². The summed E-state index contributed by atoms with van der Waals surface area (Å²) in [6.45, 7) is 2.22. The van der Waals surface area contributed by atoms with Crippen molar-refractivity contribution in [3.05, 3.63) is 66.7 Å². The molecule has 1 saturated heterocycles. The monoisotopic (exact) mass is 409 g/mol. The number of aromatic nitrogens is 1. The fraction of sp³-hybridized carbons (Fsp3) is 0.190. The van der Waals surface area contributed by atoms with Crippen molar-refractivity contribution in [3.63, 3.8) is 0 Å². The van der Waals surface area contributed by atoms with Crippen LogP contribution in [0.25, 0.3) is 21.0 Å². The molecule has 0 unspecified atom stereocenters. The Hall–Kier alpha value is -2.48. The van der Waals surface area contributed by atoms with Crippen LogP contribution in [-0.2, 0) is 10.0 Å². The first-order valence-corrected chi connectivity index (χ1v) is 11.5. The van der Waals surface area contributed by atoms with E-state index in [1.165, 1.54) is 0 Å². The highest BCUT2D eigenvalue weighted by Crippen LogP contribution is 2.30. The van der Waals surface area contributed by atoms with Crippen molar-refractivity contribution in [2.45, 2.75) is 4.90 Å². The van der Waals surface area contributed by atoms with Crippen molar-refractivity contribution >= 4 is 47.5 Å². The topological polar surface area (TPSA) is 53.5 Å². The summed E-state index contributed by atoms with van der Waals surface area (Å²) in [4.78, 5) is 7.23. The van der Waals surface area contributed by atoms with Gasteiger partial charge in [0.25, 0.3) is 0 Å². The second-order valence-electron chi connectivity index (χ2n) is 6.86. The first kappa shape index (κ1) is 17.6. The summed E-state index contributed by atoms with van der Waals surface area (Å²) < 4.78 is 29.0. The third-order valence-corrected chi connectivity index (χ3v) is 8.14. The number of rotatable bonds is 3. The molecule has 3 aromatic carbocycles. The van der Waals surface area contributed by atoms with Gasteiger partial charge in [-0.1, -0.05) is 53.8 Å². The molecule has 4 aromatic rings. The van der Waals surface area contributed by atoms with Crippen LogP contribution in [0.15, 0.2) is 71.6 Å². The largest absolute Gasteiger partial charge is 0.345 e. The molecule has 0 aliphatic carbocycles. The van der Waals surface area contributed by atoms with E-state index in [-0.39, 0.29) is 0 Å². The van der Waals surface area contributed by atoms with Gasteiger partial charge in [-0.3, -0.25) is 0 Å². The van der Waals surface area contributed by atoms with Gasteiger partial charge in [0.1, 0.15) is 0 Å². The Kier molecular flexibility index (Phi) is 4.30. The lowest BCUT2D eigenvalue weighted by Gasteiger charge is -2.33. The standard InChI is InChI=1S/C21H19N3O2S2/c25-28(26,18-10-9-16-5-1-2-6-17(16)15-18)24-13-11-23(12-14-24)21-22-19-7-3-4-8-20(19)27-21/h1-10,15H,11-14H2. The van der Waals surface area contributed by atoms with E-state index in [9.17, 15) is 8.42 Å². The Morgan fingerprint density at radius 1 is 0.821 bits per heavy atom. The van der Waals surface area contributed by atoms with E-state index < -0.39 is 10.0 Å². The fourth-order valence-corrected chi connectivity index (χ4v) is 6.07. The highest BCUT2D eigenvalue weighted by atomic mass is 32.2. The molecule has 0 atom stereocenters.